The quantitative estimate of drug-likeness (QED) is 0.918. The third-order valence-corrected chi connectivity index (χ3v) is 3.68. The summed E-state index contributed by atoms with van der Waals surface area (Å²) in [7, 11) is 1.45. The molecule has 2 rings (SSSR count). The van der Waals surface area contributed by atoms with Crippen LogP contribution in [0.2, 0.25) is 0 Å². The van der Waals surface area contributed by atoms with Gasteiger partial charge in [0.15, 0.2) is 0 Å². The summed E-state index contributed by atoms with van der Waals surface area (Å²) in [5.41, 5.74) is 0.0388. The number of hydrogen-bond acceptors (Lipinski definition) is 3. The lowest BCUT2D eigenvalue weighted by Crippen LogP contribution is -2.45. The normalized spacial score (nSPS) is 16.2. The summed E-state index contributed by atoms with van der Waals surface area (Å²) in [6, 6.07) is 4.90. The molecule has 0 radical (unpaired) electrons. The summed E-state index contributed by atoms with van der Waals surface area (Å²) in [4.78, 5) is 14.2. The van der Waals surface area contributed by atoms with Crippen LogP contribution in [0.25, 0.3) is 0 Å². The van der Waals surface area contributed by atoms with Crippen molar-refractivity contribution in [2.45, 2.75) is 25.8 Å². The fourth-order valence-electron chi connectivity index (χ4n) is 2.62. The average molecular weight is 280 g/mol. The molecular formula is C15H21FN2O2. The van der Waals surface area contributed by atoms with Gasteiger partial charge in [-0.1, -0.05) is 13.0 Å². The highest BCUT2D eigenvalue weighted by Crippen LogP contribution is 2.24. The number of rotatable bonds is 4. The zero-order valence-electron chi connectivity index (χ0n) is 12.0. The van der Waals surface area contributed by atoms with Gasteiger partial charge in [0.2, 0.25) is 0 Å². The van der Waals surface area contributed by atoms with Gasteiger partial charge in [-0.15, -0.1) is 0 Å². The van der Waals surface area contributed by atoms with E-state index in [2.05, 4.69) is 12.2 Å². The molecule has 0 atom stereocenters. The number of nitrogens with zero attached hydrogens (tertiary/aromatic N) is 1. The van der Waals surface area contributed by atoms with Gasteiger partial charge >= 0.3 is 0 Å². The molecule has 0 unspecified atom stereocenters. The van der Waals surface area contributed by atoms with Gasteiger partial charge in [0.1, 0.15) is 17.1 Å². The fourth-order valence-corrected chi connectivity index (χ4v) is 2.62. The molecule has 1 amide bonds. The number of nitrogens with one attached hydrogen (secondary N) is 1. The first-order valence-electron chi connectivity index (χ1n) is 7.02. The predicted molar refractivity (Wildman–Crippen MR) is 75.6 cm³/mol. The van der Waals surface area contributed by atoms with E-state index >= 15 is 0 Å². The highest BCUT2D eigenvalue weighted by atomic mass is 19.1. The molecular weight excluding hydrogens is 259 g/mol. The second-order valence-corrected chi connectivity index (χ2v) is 4.94. The fraction of sp³-hybridized carbons (Fsp3) is 0.533. The highest BCUT2D eigenvalue weighted by molar-refractivity contribution is 5.97. The Morgan fingerprint density at radius 2 is 2.15 bits per heavy atom. The molecule has 110 valence electrons. The maximum atomic E-state index is 13.9. The molecule has 0 spiro atoms. The Balaban J connectivity index is 2.09. The van der Waals surface area contributed by atoms with E-state index in [1.54, 1.807) is 17.0 Å². The smallest absolute Gasteiger partial charge is 0.260 e. The van der Waals surface area contributed by atoms with Crippen molar-refractivity contribution in [2.75, 3.05) is 26.7 Å². The van der Waals surface area contributed by atoms with E-state index in [1.165, 1.54) is 13.2 Å². The molecule has 1 aromatic rings. The second-order valence-electron chi connectivity index (χ2n) is 4.94. The number of hydrogen-bond donors (Lipinski definition) is 1. The SMILES string of the molecule is CCNC1CCN(C(=O)c2c(F)cccc2OC)CC1. The van der Waals surface area contributed by atoms with Crippen LogP contribution in [0.3, 0.4) is 0 Å². The third-order valence-electron chi connectivity index (χ3n) is 3.68. The molecule has 5 heteroatoms. The summed E-state index contributed by atoms with van der Waals surface area (Å²) in [5, 5.41) is 3.38. The number of carbonyl (C=O) groups is 1. The number of ether oxygens (including phenoxy) is 1. The number of benzene rings is 1. The van der Waals surface area contributed by atoms with Crippen LogP contribution in [0.15, 0.2) is 18.2 Å². The van der Waals surface area contributed by atoms with E-state index in [9.17, 15) is 9.18 Å². The van der Waals surface area contributed by atoms with Crippen molar-refractivity contribution in [3.05, 3.63) is 29.6 Å². The minimum absolute atomic E-state index is 0.0388. The van der Waals surface area contributed by atoms with Gasteiger partial charge in [-0.3, -0.25) is 4.79 Å². The van der Waals surface area contributed by atoms with Crippen LogP contribution in [0, 0.1) is 5.82 Å². The number of halogens is 1. The molecule has 1 saturated heterocycles. The van der Waals surface area contributed by atoms with E-state index in [0.717, 1.165) is 19.4 Å². The van der Waals surface area contributed by atoms with E-state index in [-0.39, 0.29) is 11.5 Å². The molecule has 1 N–H and O–H groups in total. The molecule has 20 heavy (non-hydrogen) atoms. The average Bonchev–Trinajstić information content (AvgIpc) is 2.47. The Hall–Kier alpha value is -1.62. The van der Waals surface area contributed by atoms with E-state index in [4.69, 9.17) is 4.74 Å². The lowest BCUT2D eigenvalue weighted by molar-refractivity contribution is 0.0697. The second kappa shape index (κ2) is 6.70. The van der Waals surface area contributed by atoms with E-state index < -0.39 is 5.82 Å². The van der Waals surface area contributed by atoms with Crippen molar-refractivity contribution in [1.82, 2.24) is 10.2 Å². The summed E-state index contributed by atoms with van der Waals surface area (Å²) in [6.07, 6.45) is 1.80. The van der Waals surface area contributed by atoms with E-state index in [1.807, 2.05) is 0 Å². The zero-order chi connectivity index (χ0) is 14.5. The molecule has 0 aliphatic carbocycles. The molecule has 1 aromatic carbocycles. The molecule has 0 saturated carbocycles. The van der Waals surface area contributed by atoms with Crippen LogP contribution in [0.5, 0.6) is 5.75 Å². The molecule has 1 fully saturated rings. The van der Waals surface area contributed by atoms with Gasteiger partial charge in [-0.25, -0.2) is 4.39 Å². The van der Waals surface area contributed by atoms with Crippen LogP contribution in [0.4, 0.5) is 4.39 Å². The molecule has 4 nitrogen and oxygen atoms in total. The molecule has 1 heterocycles. The highest BCUT2D eigenvalue weighted by Gasteiger charge is 2.27. The van der Waals surface area contributed by atoms with Crippen molar-refractivity contribution in [3.8, 4) is 5.75 Å². The van der Waals surface area contributed by atoms with Gasteiger partial charge in [0, 0.05) is 19.1 Å². The number of amides is 1. The number of methoxy groups -OCH3 is 1. The summed E-state index contributed by atoms with van der Waals surface area (Å²) in [6.45, 7) is 4.30. The van der Waals surface area contributed by atoms with Crippen molar-refractivity contribution >= 4 is 5.91 Å². The van der Waals surface area contributed by atoms with Gasteiger partial charge in [0.25, 0.3) is 5.91 Å². The van der Waals surface area contributed by atoms with E-state index in [0.29, 0.717) is 24.9 Å². The molecule has 0 aromatic heterocycles. The maximum Gasteiger partial charge on any atom is 0.260 e. The predicted octanol–water partition coefficient (Wildman–Crippen LogP) is 2.05. The minimum atomic E-state index is -0.525. The summed E-state index contributed by atoms with van der Waals surface area (Å²) >= 11 is 0. The van der Waals surface area contributed by atoms with Gasteiger partial charge in [0.05, 0.1) is 7.11 Å². The zero-order valence-corrected chi connectivity index (χ0v) is 12.0. The number of likely N-dealkylation sites (tertiary alicyclic amines) is 1. The topological polar surface area (TPSA) is 41.6 Å². The Morgan fingerprint density at radius 3 is 2.75 bits per heavy atom. The van der Waals surface area contributed by atoms with Crippen LogP contribution in [-0.2, 0) is 0 Å². The molecule has 1 aliphatic rings. The number of piperidine rings is 1. The molecule has 1 aliphatic heterocycles. The van der Waals surface area contributed by atoms with Crippen molar-refractivity contribution in [2.24, 2.45) is 0 Å². The van der Waals surface area contributed by atoms with Crippen LogP contribution < -0.4 is 10.1 Å². The third kappa shape index (κ3) is 3.10. The maximum absolute atomic E-state index is 13.9. The lowest BCUT2D eigenvalue weighted by atomic mass is 10.0. The van der Waals surface area contributed by atoms with Crippen molar-refractivity contribution in [1.29, 1.82) is 0 Å². The lowest BCUT2D eigenvalue weighted by Gasteiger charge is -2.32. The van der Waals surface area contributed by atoms with Gasteiger partial charge in [-0.2, -0.15) is 0 Å². The Labute approximate surface area is 118 Å². The van der Waals surface area contributed by atoms with Crippen LogP contribution >= 0.6 is 0 Å². The first-order chi connectivity index (χ1) is 9.67. The summed E-state index contributed by atoms with van der Waals surface area (Å²) < 4.78 is 19.0. The summed E-state index contributed by atoms with van der Waals surface area (Å²) in [5.74, 6) is -0.512. The largest absolute Gasteiger partial charge is 0.496 e. The first kappa shape index (κ1) is 14.8. The Bertz CT molecular complexity index is 471. The van der Waals surface area contributed by atoms with Gasteiger partial charge in [-0.05, 0) is 31.5 Å². The van der Waals surface area contributed by atoms with Crippen LogP contribution in [0.1, 0.15) is 30.1 Å². The van der Waals surface area contributed by atoms with Crippen molar-refractivity contribution in [3.63, 3.8) is 0 Å². The number of carbonyl (C=O) groups excluding carboxylic acids is 1. The standard InChI is InChI=1S/C15H21FN2O2/c1-3-17-11-7-9-18(10-8-11)15(19)14-12(16)5-4-6-13(14)20-2/h4-6,11,17H,3,7-10H2,1-2H3. The Kier molecular flexibility index (Phi) is 4.95. The molecule has 0 bridgehead atoms. The first-order valence-corrected chi connectivity index (χ1v) is 7.02. The van der Waals surface area contributed by atoms with Crippen molar-refractivity contribution < 1.29 is 13.9 Å². The monoisotopic (exact) mass is 280 g/mol. The van der Waals surface area contributed by atoms with Crippen LogP contribution in [-0.4, -0.2) is 43.6 Å². The van der Waals surface area contributed by atoms with Gasteiger partial charge < -0.3 is 15.0 Å². The Morgan fingerprint density at radius 1 is 1.45 bits per heavy atom. The minimum Gasteiger partial charge on any atom is -0.496 e.